The number of rotatable bonds is 4. The zero-order valence-electron chi connectivity index (χ0n) is 12.0. The molecule has 0 fully saturated rings. The second-order valence-electron chi connectivity index (χ2n) is 5.14. The molecule has 1 aromatic carbocycles. The monoisotopic (exact) mass is 336 g/mol. The lowest BCUT2D eigenvalue weighted by Gasteiger charge is -2.22. The summed E-state index contributed by atoms with van der Waals surface area (Å²) in [6.45, 7) is 2.16. The van der Waals surface area contributed by atoms with Gasteiger partial charge in [-0.3, -0.25) is 4.79 Å². The fraction of sp³-hybridized carbons (Fsp3) is 0.267. The molecule has 1 aliphatic heterocycles. The topological polar surface area (TPSA) is 66.5 Å². The van der Waals surface area contributed by atoms with Crippen molar-refractivity contribution in [2.45, 2.75) is 23.6 Å². The Labute approximate surface area is 133 Å². The van der Waals surface area contributed by atoms with E-state index in [1.54, 1.807) is 23.3 Å². The third-order valence-corrected chi connectivity index (χ3v) is 6.55. The van der Waals surface area contributed by atoms with Crippen LogP contribution in [0.3, 0.4) is 0 Å². The van der Waals surface area contributed by atoms with E-state index in [0.717, 1.165) is 29.0 Å². The van der Waals surface area contributed by atoms with Crippen molar-refractivity contribution >= 4 is 33.0 Å². The van der Waals surface area contributed by atoms with Gasteiger partial charge in [0.1, 0.15) is 4.21 Å². The Hall–Kier alpha value is -1.70. The molecule has 1 amide bonds. The van der Waals surface area contributed by atoms with Crippen molar-refractivity contribution < 1.29 is 13.2 Å². The van der Waals surface area contributed by atoms with Crippen LogP contribution in [0.1, 0.15) is 12.5 Å². The summed E-state index contributed by atoms with van der Waals surface area (Å²) in [6, 6.07) is 10.1. The summed E-state index contributed by atoms with van der Waals surface area (Å²) in [5.41, 5.74) is 1.99. The molecule has 0 bridgehead atoms. The van der Waals surface area contributed by atoms with Crippen molar-refractivity contribution in [1.29, 1.82) is 0 Å². The highest BCUT2D eigenvalue weighted by atomic mass is 32.2. The minimum atomic E-state index is -3.65. The molecule has 3 rings (SSSR count). The maximum Gasteiger partial charge on any atom is 0.250 e. The fourth-order valence-electron chi connectivity index (χ4n) is 2.56. The Morgan fingerprint density at radius 1 is 1.27 bits per heavy atom. The minimum absolute atomic E-state index is 0.217. The average molecular weight is 336 g/mol. The van der Waals surface area contributed by atoms with Gasteiger partial charge in [-0.2, -0.15) is 4.72 Å². The molecule has 5 nitrogen and oxygen atoms in total. The number of amides is 1. The predicted octanol–water partition coefficient (Wildman–Crippen LogP) is 2.00. The largest absolute Gasteiger partial charge is 0.310 e. The molecule has 2 aromatic rings. The molecule has 22 heavy (non-hydrogen) atoms. The Morgan fingerprint density at radius 2 is 2.05 bits per heavy atom. The highest BCUT2D eigenvalue weighted by Crippen LogP contribution is 2.28. The van der Waals surface area contributed by atoms with Crippen LogP contribution < -0.4 is 9.62 Å². The minimum Gasteiger partial charge on any atom is -0.310 e. The smallest absolute Gasteiger partial charge is 0.250 e. The molecule has 0 radical (unpaired) electrons. The van der Waals surface area contributed by atoms with Gasteiger partial charge in [-0.25, -0.2) is 8.42 Å². The number of nitrogens with one attached hydrogen (secondary N) is 1. The standard InChI is InChI=1S/C15H16N2O3S2/c1-11(16-22(19,20)14-7-4-10-21-14)15(18)17-9-8-12-5-2-3-6-13(12)17/h2-7,10-11,16H,8-9H2,1H3. The van der Waals surface area contributed by atoms with Gasteiger partial charge in [-0.05, 0) is 36.4 Å². The van der Waals surface area contributed by atoms with Crippen LogP contribution in [0.25, 0.3) is 0 Å². The third-order valence-electron chi connectivity index (χ3n) is 3.62. The van der Waals surface area contributed by atoms with Gasteiger partial charge in [0.2, 0.25) is 5.91 Å². The highest BCUT2D eigenvalue weighted by Gasteiger charge is 2.30. The summed E-state index contributed by atoms with van der Waals surface area (Å²) in [5.74, 6) is -0.231. The number of nitrogens with zero attached hydrogens (tertiary/aromatic N) is 1. The highest BCUT2D eigenvalue weighted by molar-refractivity contribution is 7.91. The van der Waals surface area contributed by atoms with Gasteiger partial charge in [-0.15, -0.1) is 11.3 Å². The number of anilines is 1. The van der Waals surface area contributed by atoms with E-state index in [1.807, 2.05) is 24.3 Å². The Kier molecular flexibility index (Phi) is 4.03. The second kappa shape index (κ2) is 5.83. The van der Waals surface area contributed by atoms with Crippen LogP contribution in [0.5, 0.6) is 0 Å². The molecule has 2 heterocycles. The molecule has 116 valence electrons. The second-order valence-corrected chi connectivity index (χ2v) is 8.03. The fourth-order valence-corrected chi connectivity index (χ4v) is 4.76. The van der Waals surface area contributed by atoms with Crippen LogP contribution in [-0.2, 0) is 21.2 Å². The third kappa shape index (κ3) is 2.79. The predicted molar refractivity (Wildman–Crippen MR) is 86.6 cm³/mol. The molecule has 0 aliphatic carbocycles. The first-order chi connectivity index (χ1) is 10.5. The number of fused-ring (bicyclic) bond motifs is 1. The van der Waals surface area contributed by atoms with E-state index in [2.05, 4.69) is 4.72 Å². The van der Waals surface area contributed by atoms with Crippen molar-refractivity contribution in [3.63, 3.8) is 0 Å². The zero-order chi connectivity index (χ0) is 15.7. The van der Waals surface area contributed by atoms with E-state index in [-0.39, 0.29) is 10.1 Å². The van der Waals surface area contributed by atoms with Crippen molar-refractivity contribution in [3.05, 3.63) is 47.3 Å². The molecule has 0 spiro atoms. The Balaban J connectivity index is 1.76. The lowest BCUT2D eigenvalue weighted by atomic mass is 10.2. The molecule has 1 aliphatic rings. The average Bonchev–Trinajstić information content (AvgIpc) is 3.16. The van der Waals surface area contributed by atoms with E-state index < -0.39 is 16.1 Å². The normalized spacial score (nSPS) is 15.6. The van der Waals surface area contributed by atoms with E-state index in [9.17, 15) is 13.2 Å². The Morgan fingerprint density at radius 3 is 2.77 bits per heavy atom. The van der Waals surface area contributed by atoms with Gasteiger partial charge in [0.25, 0.3) is 10.0 Å². The molecule has 0 saturated carbocycles. The summed E-state index contributed by atoms with van der Waals surface area (Å²) in [5, 5.41) is 1.69. The molecule has 1 atom stereocenters. The quantitative estimate of drug-likeness (QED) is 0.929. The maximum absolute atomic E-state index is 12.6. The number of hydrogen-bond acceptors (Lipinski definition) is 4. The first kappa shape index (κ1) is 15.2. The van der Waals surface area contributed by atoms with Crippen molar-refractivity contribution in [3.8, 4) is 0 Å². The molecule has 0 saturated heterocycles. The lowest BCUT2D eigenvalue weighted by Crippen LogP contribution is -2.46. The maximum atomic E-state index is 12.6. The van der Waals surface area contributed by atoms with Gasteiger partial charge in [0, 0.05) is 12.2 Å². The molecule has 1 unspecified atom stereocenters. The van der Waals surface area contributed by atoms with Crippen LogP contribution >= 0.6 is 11.3 Å². The van der Waals surface area contributed by atoms with Crippen molar-refractivity contribution in [2.75, 3.05) is 11.4 Å². The zero-order valence-corrected chi connectivity index (χ0v) is 13.7. The number of benzene rings is 1. The summed E-state index contributed by atoms with van der Waals surface area (Å²) < 4.78 is 27.1. The first-order valence-corrected chi connectivity index (χ1v) is 9.30. The number of para-hydroxylation sites is 1. The van der Waals surface area contributed by atoms with E-state index in [0.29, 0.717) is 6.54 Å². The SMILES string of the molecule is CC(NS(=O)(=O)c1cccs1)C(=O)N1CCc2ccccc21. The summed E-state index contributed by atoms with van der Waals surface area (Å²) in [7, 11) is -3.65. The van der Waals surface area contributed by atoms with Gasteiger partial charge in [0.15, 0.2) is 0 Å². The van der Waals surface area contributed by atoms with E-state index in [1.165, 1.54) is 6.07 Å². The summed E-state index contributed by atoms with van der Waals surface area (Å²) in [6.07, 6.45) is 0.798. The molecule has 1 aromatic heterocycles. The van der Waals surface area contributed by atoms with Gasteiger partial charge in [-0.1, -0.05) is 24.3 Å². The Bertz CT molecular complexity index is 785. The van der Waals surface area contributed by atoms with Gasteiger partial charge >= 0.3 is 0 Å². The lowest BCUT2D eigenvalue weighted by molar-refractivity contribution is -0.119. The molecule has 1 N–H and O–H groups in total. The van der Waals surface area contributed by atoms with Gasteiger partial charge in [0.05, 0.1) is 6.04 Å². The summed E-state index contributed by atoms with van der Waals surface area (Å²) in [4.78, 5) is 14.2. The first-order valence-electron chi connectivity index (χ1n) is 6.94. The van der Waals surface area contributed by atoms with Crippen LogP contribution in [0, 0.1) is 0 Å². The number of hydrogen-bond donors (Lipinski definition) is 1. The van der Waals surface area contributed by atoms with Crippen LogP contribution in [0.2, 0.25) is 0 Å². The van der Waals surface area contributed by atoms with Crippen LogP contribution in [0.15, 0.2) is 46.0 Å². The van der Waals surface area contributed by atoms with Crippen LogP contribution in [-0.4, -0.2) is 26.9 Å². The molecular formula is C15H16N2O3S2. The number of thiophene rings is 1. The van der Waals surface area contributed by atoms with E-state index >= 15 is 0 Å². The van der Waals surface area contributed by atoms with E-state index in [4.69, 9.17) is 0 Å². The number of carbonyl (C=O) groups is 1. The van der Waals surface area contributed by atoms with Crippen molar-refractivity contribution in [1.82, 2.24) is 4.72 Å². The summed E-state index contributed by atoms with van der Waals surface area (Å²) >= 11 is 1.13. The molecular weight excluding hydrogens is 320 g/mol. The van der Waals surface area contributed by atoms with Gasteiger partial charge < -0.3 is 4.90 Å². The number of carbonyl (C=O) groups excluding carboxylic acids is 1. The number of sulfonamides is 1. The molecule has 7 heteroatoms. The van der Waals surface area contributed by atoms with Crippen molar-refractivity contribution in [2.24, 2.45) is 0 Å². The van der Waals surface area contributed by atoms with Crippen LogP contribution in [0.4, 0.5) is 5.69 Å².